The van der Waals surface area contributed by atoms with Gasteiger partial charge >= 0.3 is 5.97 Å². The SMILES string of the molecule is CCOC(=O)C1CCC1C1=NC2C(C#N)CNN2C(c2ccc(OC)cc2)=C1c1ccc(OC)cc1. The van der Waals surface area contributed by atoms with E-state index in [-0.39, 0.29) is 29.9 Å². The zero-order chi connectivity index (χ0) is 25.2. The normalized spacial score (nSPS) is 24.8. The minimum Gasteiger partial charge on any atom is -0.497 e. The summed E-state index contributed by atoms with van der Waals surface area (Å²) in [6.45, 7) is 2.68. The van der Waals surface area contributed by atoms with E-state index in [9.17, 15) is 10.1 Å². The Bertz CT molecular complexity index is 1230. The van der Waals surface area contributed by atoms with Crippen LogP contribution in [0.4, 0.5) is 0 Å². The first kappa shape index (κ1) is 23.9. The molecule has 0 amide bonds. The van der Waals surface area contributed by atoms with Gasteiger partial charge in [-0.25, -0.2) is 5.43 Å². The minimum atomic E-state index is -0.382. The van der Waals surface area contributed by atoms with Crippen molar-refractivity contribution in [3.8, 4) is 17.6 Å². The molecule has 2 heterocycles. The Labute approximate surface area is 211 Å². The van der Waals surface area contributed by atoms with Gasteiger partial charge in [0.05, 0.1) is 44.2 Å². The number of carbonyl (C=O) groups excluding carboxylic acids is 1. The van der Waals surface area contributed by atoms with E-state index >= 15 is 0 Å². The summed E-state index contributed by atoms with van der Waals surface area (Å²) in [7, 11) is 3.29. The average Bonchev–Trinajstić information content (AvgIpc) is 3.30. The maximum Gasteiger partial charge on any atom is 0.309 e. The molecule has 2 aromatic carbocycles. The highest BCUT2D eigenvalue weighted by molar-refractivity contribution is 6.32. The number of fused-ring (bicyclic) bond motifs is 1. The molecule has 36 heavy (non-hydrogen) atoms. The van der Waals surface area contributed by atoms with E-state index in [1.807, 2.05) is 60.5 Å². The van der Waals surface area contributed by atoms with Gasteiger partial charge in [0, 0.05) is 23.6 Å². The summed E-state index contributed by atoms with van der Waals surface area (Å²) in [6, 6.07) is 18.2. The summed E-state index contributed by atoms with van der Waals surface area (Å²) in [5, 5.41) is 11.9. The maximum absolute atomic E-state index is 12.8. The number of nitrogens with zero attached hydrogens (tertiary/aromatic N) is 3. The van der Waals surface area contributed by atoms with Crippen LogP contribution in [-0.2, 0) is 9.53 Å². The summed E-state index contributed by atoms with van der Waals surface area (Å²) in [6.07, 6.45) is 1.23. The molecule has 0 spiro atoms. The molecule has 3 aliphatic rings. The molecule has 8 heteroatoms. The van der Waals surface area contributed by atoms with Crippen molar-refractivity contribution in [2.75, 3.05) is 27.4 Å². The molecule has 1 saturated carbocycles. The summed E-state index contributed by atoms with van der Waals surface area (Å²) < 4.78 is 16.2. The molecule has 186 valence electrons. The lowest BCUT2D eigenvalue weighted by Crippen LogP contribution is -2.46. The molecule has 8 nitrogen and oxygen atoms in total. The van der Waals surface area contributed by atoms with E-state index < -0.39 is 0 Å². The number of rotatable bonds is 7. The standard InChI is InChI=1S/C28H30N4O4/c1-4-36-28(33)23-14-13-22(23)25-24(17-5-9-20(34-2)10-6-17)26(18-7-11-21(35-3)12-8-18)32-27(31-25)19(15-29)16-30-32/h5-12,19,22-23,27,30H,4,13-14,16H2,1-3H3. The predicted octanol–water partition coefficient (Wildman–Crippen LogP) is 3.90. The zero-order valence-corrected chi connectivity index (χ0v) is 20.7. The number of esters is 1. The van der Waals surface area contributed by atoms with Gasteiger partial charge in [0.1, 0.15) is 17.4 Å². The maximum atomic E-state index is 12.8. The number of nitriles is 1. The molecule has 0 bridgehead atoms. The summed E-state index contributed by atoms with van der Waals surface area (Å²) in [4.78, 5) is 17.9. The van der Waals surface area contributed by atoms with Crippen LogP contribution in [0.3, 0.4) is 0 Å². The van der Waals surface area contributed by atoms with Crippen molar-refractivity contribution >= 4 is 23.0 Å². The number of aliphatic imine (C=N–C) groups is 1. The van der Waals surface area contributed by atoms with E-state index in [1.54, 1.807) is 14.2 Å². The second kappa shape index (κ2) is 10.0. The highest BCUT2D eigenvalue weighted by atomic mass is 16.5. The summed E-state index contributed by atoms with van der Waals surface area (Å²) in [5.41, 5.74) is 8.09. The van der Waals surface area contributed by atoms with Gasteiger partial charge in [-0.15, -0.1) is 0 Å². The van der Waals surface area contributed by atoms with Gasteiger partial charge in [-0.3, -0.25) is 14.8 Å². The molecule has 0 radical (unpaired) electrons. The van der Waals surface area contributed by atoms with Crippen LogP contribution in [-0.4, -0.2) is 50.2 Å². The fourth-order valence-electron chi connectivity index (χ4n) is 5.21. The first-order valence-electron chi connectivity index (χ1n) is 12.3. The molecule has 1 saturated heterocycles. The van der Waals surface area contributed by atoms with Crippen molar-refractivity contribution < 1.29 is 19.0 Å². The molecular weight excluding hydrogens is 456 g/mol. The van der Waals surface area contributed by atoms with Crippen LogP contribution in [0, 0.1) is 29.1 Å². The monoisotopic (exact) mass is 486 g/mol. The van der Waals surface area contributed by atoms with Gasteiger partial charge in [-0.2, -0.15) is 5.26 Å². The first-order valence-corrected chi connectivity index (χ1v) is 12.3. The Balaban J connectivity index is 1.70. The summed E-state index contributed by atoms with van der Waals surface area (Å²) in [5.74, 6) is 0.714. The molecule has 2 aromatic rings. The Hall–Kier alpha value is -3.83. The van der Waals surface area contributed by atoms with Gasteiger partial charge < -0.3 is 14.2 Å². The van der Waals surface area contributed by atoms with Gasteiger partial charge in [-0.1, -0.05) is 12.1 Å². The molecule has 5 rings (SSSR count). The Morgan fingerprint density at radius 1 is 1.06 bits per heavy atom. The number of ether oxygens (including phenoxy) is 3. The van der Waals surface area contributed by atoms with E-state index in [0.29, 0.717) is 13.2 Å². The lowest BCUT2D eigenvalue weighted by Gasteiger charge is -2.42. The first-order chi connectivity index (χ1) is 17.6. The summed E-state index contributed by atoms with van der Waals surface area (Å²) >= 11 is 0. The largest absolute Gasteiger partial charge is 0.497 e. The highest BCUT2D eigenvalue weighted by Crippen LogP contribution is 2.46. The molecular formula is C28H30N4O4. The van der Waals surface area contributed by atoms with Crippen LogP contribution < -0.4 is 14.9 Å². The second-order valence-corrected chi connectivity index (χ2v) is 9.12. The van der Waals surface area contributed by atoms with Crippen molar-refractivity contribution in [2.45, 2.75) is 25.9 Å². The van der Waals surface area contributed by atoms with Gasteiger partial charge in [-0.05, 0) is 61.7 Å². The smallest absolute Gasteiger partial charge is 0.309 e. The number of methoxy groups -OCH3 is 2. The number of hydrogen-bond acceptors (Lipinski definition) is 8. The van der Waals surface area contributed by atoms with Crippen LogP contribution in [0.1, 0.15) is 30.9 Å². The Kier molecular flexibility index (Phi) is 6.66. The Morgan fingerprint density at radius 3 is 2.22 bits per heavy atom. The number of allylic oxidation sites excluding steroid dienone is 1. The van der Waals surface area contributed by atoms with Crippen LogP contribution in [0.5, 0.6) is 11.5 Å². The molecule has 1 N–H and O–H groups in total. The molecule has 2 fully saturated rings. The molecule has 4 unspecified atom stereocenters. The van der Waals surface area contributed by atoms with E-state index in [0.717, 1.165) is 52.4 Å². The molecule has 1 aliphatic carbocycles. The van der Waals surface area contributed by atoms with Crippen LogP contribution >= 0.6 is 0 Å². The number of benzene rings is 2. The van der Waals surface area contributed by atoms with Crippen LogP contribution in [0.15, 0.2) is 53.5 Å². The average molecular weight is 487 g/mol. The number of nitrogens with one attached hydrogen (secondary N) is 1. The molecule has 2 aliphatic heterocycles. The van der Waals surface area contributed by atoms with Crippen LogP contribution in [0.2, 0.25) is 0 Å². The van der Waals surface area contributed by atoms with Crippen molar-refractivity contribution in [2.24, 2.45) is 22.7 Å². The third-order valence-electron chi connectivity index (χ3n) is 7.23. The van der Waals surface area contributed by atoms with E-state index in [2.05, 4.69) is 11.5 Å². The predicted molar refractivity (Wildman–Crippen MR) is 136 cm³/mol. The zero-order valence-electron chi connectivity index (χ0n) is 20.7. The van der Waals surface area contributed by atoms with E-state index in [1.165, 1.54) is 0 Å². The van der Waals surface area contributed by atoms with Crippen LogP contribution in [0.25, 0.3) is 11.3 Å². The highest BCUT2D eigenvalue weighted by Gasteiger charge is 2.47. The van der Waals surface area contributed by atoms with Gasteiger partial charge in [0.25, 0.3) is 0 Å². The molecule has 4 atom stereocenters. The number of hydrogen-bond donors (Lipinski definition) is 1. The quantitative estimate of drug-likeness (QED) is 0.593. The van der Waals surface area contributed by atoms with Crippen molar-refractivity contribution in [1.82, 2.24) is 10.4 Å². The minimum absolute atomic E-state index is 0.0727. The lowest BCUT2D eigenvalue weighted by molar-refractivity contribution is -0.152. The molecule has 0 aromatic heterocycles. The number of carbonyl (C=O) groups is 1. The lowest BCUT2D eigenvalue weighted by atomic mass is 9.68. The van der Waals surface area contributed by atoms with E-state index in [4.69, 9.17) is 19.2 Å². The fourth-order valence-corrected chi connectivity index (χ4v) is 5.21. The third-order valence-corrected chi connectivity index (χ3v) is 7.23. The third kappa shape index (κ3) is 4.10. The van der Waals surface area contributed by atoms with Gasteiger partial charge in [0.15, 0.2) is 6.17 Å². The topological polar surface area (TPSA) is 96.2 Å². The second-order valence-electron chi connectivity index (χ2n) is 9.12. The van der Waals surface area contributed by atoms with Gasteiger partial charge in [0.2, 0.25) is 0 Å². The van der Waals surface area contributed by atoms with Crippen molar-refractivity contribution in [3.05, 3.63) is 59.7 Å². The Morgan fingerprint density at radius 2 is 1.69 bits per heavy atom. The van der Waals surface area contributed by atoms with Crippen molar-refractivity contribution in [1.29, 1.82) is 5.26 Å². The fraction of sp³-hybridized carbons (Fsp3) is 0.393. The van der Waals surface area contributed by atoms with Crippen molar-refractivity contribution in [3.63, 3.8) is 0 Å². The number of hydrazine groups is 1.